The van der Waals surface area contributed by atoms with Gasteiger partial charge in [0.2, 0.25) is 0 Å². The lowest BCUT2D eigenvalue weighted by atomic mass is 10.2. The fourth-order valence-electron chi connectivity index (χ4n) is 2.44. The van der Waals surface area contributed by atoms with Crippen LogP contribution in [0.3, 0.4) is 0 Å². The standard InChI is InChI=1S/C20H25ClFNO3/c1-3-25-19-12-16(13-23-9-4-10-24-2)11-18(21)20(19)26-14-15-5-7-17(22)8-6-15/h5-8,11-12,23H,3-4,9-10,13-14H2,1-2H3. The van der Waals surface area contributed by atoms with Crippen LogP contribution in [-0.2, 0) is 17.9 Å². The molecule has 0 aliphatic heterocycles. The van der Waals surface area contributed by atoms with Gasteiger partial charge in [-0.3, -0.25) is 0 Å². The van der Waals surface area contributed by atoms with Crippen molar-refractivity contribution in [3.05, 3.63) is 58.4 Å². The summed E-state index contributed by atoms with van der Waals surface area (Å²) in [6, 6.07) is 9.97. The van der Waals surface area contributed by atoms with Crippen molar-refractivity contribution in [3.63, 3.8) is 0 Å². The quantitative estimate of drug-likeness (QED) is 0.578. The molecular formula is C20H25ClFNO3. The third-order valence-corrected chi connectivity index (χ3v) is 3.98. The average molecular weight is 382 g/mol. The van der Waals surface area contributed by atoms with Gasteiger partial charge in [-0.25, -0.2) is 4.39 Å². The van der Waals surface area contributed by atoms with Crippen molar-refractivity contribution in [2.45, 2.75) is 26.5 Å². The number of methoxy groups -OCH3 is 1. The number of hydrogen-bond donors (Lipinski definition) is 1. The normalized spacial score (nSPS) is 10.8. The monoisotopic (exact) mass is 381 g/mol. The van der Waals surface area contributed by atoms with Crippen molar-refractivity contribution in [2.24, 2.45) is 0 Å². The highest BCUT2D eigenvalue weighted by molar-refractivity contribution is 6.32. The molecule has 0 spiro atoms. The minimum absolute atomic E-state index is 0.274. The number of hydrogen-bond acceptors (Lipinski definition) is 4. The number of benzene rings is 2. The van der Waals surface area contributed by atoms with Crippen LogP contribution in [0.4, 0.5) is 4.39 Å². The van der Waals surface area contributed by atoms with Crippen molar-refractivity contribution >= 4 is 11.6 Å². The number of ether oxygens (including phenoxy) is 3. The molecule has 0 unspecified atom stereocenters. The van der Waals surface area contributed by atoms with Crippen molar-refractivity contribution in [1.82, 2.24) is 5.32 Å². The van der Waals surface area contributed by atoms with E-state index in [1.165, 1.54) is 12.1 Å². The highest BCUT2D eigenvalue weighted by Crippen LogP contribution is 2.37. The Hall–Kier alpha value is -1.82. The van der Waals surface area contributed by atoms with Gasteiger partial charge in [-0.1, -0.05) is 23.7 Å². The topological polar surface area (TPSA) is 39.7 Å². The smallest absolute Gasteiger partial charge is 0.180 e. The molecule has 26 heavy (non-hydrogen) atoms. The van der Waals surface area contributed by atoms with Crippen molar-refractivity contribution < 1.29 is 18.6 Å². The maximum absolute atomic E-state index is 13.0. The maximum atomic E-state index is 13.0. The zero-order valence-corrected chi connectivity index (χ0v) is 15.9. The molecule has 2 rings (SSSR count). The Kier molecular flexibility index (Phi) is 8.68. The number of halogens is 2. The molecule has 0 saturated carbocycles. The molecule has 4 nitrogen and oxygen atoms in total. The summed E-state index contributed by atoms with van der Waals surface area (Å²) in [4.78, 5) is 0. The van der Waals surface area contributed by atoms with E-state index in [-0.39, 0.29) is 12.4 Å². The zero-order chi connectivity index (χ0) is 18.8. The van der Waals surface area contributed by atoms with E-state index < -0.39 is 0 Å². The summed E-state index contributed by atoms with van der Waals surface area (Å²) in [5.41, 5.74) is 1.87. The Morgan fingerprint density at radius 3 is 2.54 bits per heavy atom. The van der Waals surface area contributed by atoms with Gasteiger partial charge in [0.25, 0.3) is 0 Å². The van der Waals surface area contributed by atoms with Gasteiger partial charge in [0.15, 0.2) is 11.5 Å². The molecule has 2 aromatic carbocycles. The summed E-state index contributed by atoms with van der Waals surface area (Å²) in [5, 5.41) is 3.84. The van der Waals surface area contributed by atoms with E-state index in [0.29, 0.717) is 29.7 Å². The van der Waals surface area contributed by atoms with Crippen molar-refractivity contribution in [1.29, 1.82) is 0 Å². The second kappa shape index (κ2) is 11.0. The second-order valence-electron chi connectivity index (χ2n) is 5.78. The minimum atomic E-state index is -0.274. The molecule has 0 fully saturated rings. The minimum Gasteiger partial charge on any atom is -0.490 e. The van der Waals surface area contributed by atoms with Crippen molar-refractivity contribution in [3.8, 4) is 11.5 Å². The highest BCUT2D eigenvalue weighted by Gasteiger charge is 2.13. The Balaban J connectivity index is 2.03. The predicted molar refractivity (Wildman–Crippen MR) is 102 cm³/mol. The largest absolute Gasteiger partial charge is 0.490 e. The molecule has 1 N–H and O–H groups in total. The van der Waals surface area contributed by atoms with Gasteiger partial charge in [-0.2, -0.15) is 0 Å². The summed E-state index contributed by atoms with van der Waals surface area (Å²) in [7, 11) is 1.69. The van der Waals surface area contributed by atoms with Gasteiger partial charge in [0.1, 0.15) is 12.4 Å². The zero-order valence-electron chi connectivity index (χ0n) is 15.2. The first-order valence-corrected chi connectivity index (χ1v) is 9.04. The van der Waals surface area contributed by atoms with E-state index in [2.05, 4.69) is 5.32 Å². The Bertz CT molecular complexity index is 680. The molecule has 0 saturated heterocycles. The van der Waals surface area contributed by atoms with Crippen LogP contribution in [0, 0.1) is 5.82 Å². The predicted octanol–water partition coefficient (Wildman–Crippen LogP) is 4.58. The summed E-state index contributed by atoms with van der Waals surface area (Å²) >= 11 is 6.41. The summed E-state index contributed by atoms with van der Waals surface area (Å²) in [6.45, 7) is 4.98. The summed E-state index contributed by atoms with van der Waals surface area (Å²) in [6.07, 6.45) is 0.946. The second-order valence-corrected chi connectivity index (χ2v) is 6.18. The van der Waals surface area contributed by atoms with Gasteiger partial charge in [0.05, 0.1) is 11.6 Å². The van der Waals surface area contributed by atoms with E-state index in [4.69, 9.17) is 25.8 Å². The van der Waals surface area contributed by atoms with E-state index >= 15 is 0 Å². The molecule has 2 aromatic rings. The number of rotatable bonds is 11. The molecule has 0 aliphatic rings. The lowest BCUT2D eigenvalue weighted by Crippen LogP contribution is -2.16. The first-order valence-electron chi connectivity index (χ1n) is 8.66. The van der Waals surface area contributed by atoms with E-state index in [0.717, 1.165) is 30.7 Å². The molecular weight excluding hydrogens is 357 g/mol. The lowest BCUT2D eigenvalue weighted by molar-refractivity contribution is 0.194. The van der Waals surface area contributed by atoms with Crippen LogP contribution in [0.1, 0.15) is 24.5 Å². The summed E-state index contributed by atoms with van der Waals surface area (Å²) in [5.74, 6) is 0.834. The molecule has 0 amide bonds. The van der Waals surface area contributed by atoms with Crippen LogP contribution in [-0.4, -0.2) is 26.9 Å². The van der Waals surface area contributed by atoms with Gasteiger partial charge < -0.3 is 19.5 Å². The molecule has 0 aromatic heterocycles. The molecule has 0 bridgehead atoms. The third kappa shape index (κ3) is 6.48. The van der Waals surface area contributed by atoms with Gasteiger partial charge in [0, 0.05) is 20.3 Å². The van der Waals surface area contributed by atoms with E-state index in [1.54, 1.807) is 19.2 Å². The molecule has 6 heteroatoms. The lowest BCUT2D eigenvalue weighted by Gasteiger charge is -2.16. The van der Waals surface area contributed by atoms with Crippen LogP contribution < -0.4 is 14.8 Å². The maximum Gasteiger partial charge on any atom is 0.180 e. The Morgan fingerprint density at radius 1 is 1.08 bits per heavy atom. The third-order valence-electron chi connectivity index (χ3n) is 3.70. The van der Waals surface area contributed by atoms with E-state index in [1.807, 2.05) is 19.1 Å². The highest BCUT2D eigenvalue weighted by atomic mass is 35.5. The number of nitrogens with one attached hydrogen (secondary N) is 1. The van der Waals surface area contributed by atoms with Gasteiger partial charge >= 0.3 is 0 Å². The van der Waals surface area contributed by atoms with Crippen LogP contribution >= 0.6 is 11.6 Å². The van der Waals surface area contributed by atoms with Gasteiger partial charge in [-0.05, 0) is 55.3 Å². The van der Waals surface area contributed by atoms with Crippen LogP contribution in [0.25, 0.3) is 0 Å². The summed E-state index contributed by atoms with van der Waals surface area (Å²) < 4.78 is 29.6. The molecule has 0 atom stereocenters. The van der Waals surface area contributed by atoms with Gasteiger partial charge in [-0.15, -0.1) is 0 Å². The molecule has 0 heterocycles. The Labute approximate surface area is 159 Å². The average Bonchev–Trinajstić information content (AvgIpc) is 2.62. The fourth-order valence-corrected chi connectivity index (χ4v) is 2.72. The molecule has 142 valence electrons. The molecule has 0 aliphatic carbocycles. The van der Waals surface area contributed by atoms with Crippen LogP contribution in [0.2, 0.25) is 5.02 Å². The van der Waals surface area contributed by atoms with Crippen LogP contribution in [0.5, 0.6) is 11.5 Å². The first-order chi connectivity index (χ1) is 12.6. The van der Waals surface area contributed by atoms with Crippen molar-refractivity contribution in [2.75, 3.05) is 26.9 Å². The first kappa shape index (κ1) is 20.5. The van der Waals surface area contributed by atoms with Crippen LogP contribution in [0.15, 0.2) is 36.4 Å². The SMILES string of the molecule is CCOc1cc(CNCCCOC)cc(Cl)c1OCc1ccc(F)cc1. The molecule has 0 radical (unpaired) electrons. The van der Waals surface area contributed by atoms with E-state index in [9.17, 15) is 4.39 Å². The fraction of sp³-hybridized carbons (Fsp3) is 0.400. The Morgan fingerprint density at radius 2 is 1.85 bits per heavy atom.